The molecule has 0 aliphatic carbocycles. The molecular weight excluding hydrogens is 541 g/mol. The van der Waals surface area contributed by atoms with Gasteiger partial charge >= 0.3 is 0 Å². The number of carbonyl (C=O) groups is 1. The van der Waals surface area contributed by atoms with Crippen LogP contribution in [0.4, 0.5) is 17.1 Å². The highest BCUT2D eigenvalue weighted by Gasteiger charge is 2.20. The van der Waals surface area contributed by atoms with Gasteiger partial charge in [0.1, 0.15) is 17.1 Å². The van der Waals surface area contributed by atoms with Gasteiger partial charge in [-0.2, -0.15) is 8.42 Å². The van der Waals surface area contributed by atoms with E-state index in [4.69, 9.17) is 27.9 Å². The van der Waals surface area contributed by atoms with Crippen LogP contribution >= 0.6 is 23.2 Å². The summed E-state index contributed by atoms with van der Waals surface area (Å²) in [5.74, 6) is -0.619. The van der Waals surface area contributed by atoms with Crippen LogP contribution in [-0.2, 0) is 10.1 Å². The third-order valence-corrected chi connectivity index (χ3v) is 7.07. The number of hydrogen-bond acceptors (Lipinski definition) is 7. The van der Waals surface area contributed by atoms with E-state index in [1.807, 2.05) is 0 Å². The Labute approximate surface area is 222 Å². The van der Waals surface area contributed by atoms with Crippen LogP contribution in [0.2, 0.25) is 10.0 Å². The van der Waals surface area contributed by atoms with Crippen LogP contribution in [0.1, 0.15) is 15.9 Å². The maximum atomic E-state index is 13.1. The Morgan fingerprint density at radius 2 is 1.73 bits per heavy atom. The average Bonchev–Trinajstić information content (AvgIpc) is 2.85. The SMILES string of the molecule is COc1ccc(Cl)c(NC(=O)c2cc3ccccc3c(N=Nc3cc(C)c(S(=O)(=O)O)cc3Cl)c2O)c1. The summed E-state index contributed by atoms with van der Waals surface area (Å²) in [6.07, 6.45) is 0. The van der Waals surface area contributed by atoms with Crippen molar-refractivity contribution in [2.75, 3.05) is 12.4 Å². The number of rotatable bonds is 6. The summed E-state index contributed by atoms with van der Waals surface area (Å²) in [7, 11) is -3.00. The summed E-state index contributed by atoms with van der Waals surface area (Å²) in [6, 6.07) is 15.6. The standard InChI is InChI=1S/C25H19Cl2N3O6S/c1-13-9-21(19(27)12-22(13)37(33,34)35)29-30-23-16-6-4-3-5-14(16)10-17(24(23)31)25(32)28-20-11-15(36-2)7-8-18(20)26/h3-12,31H,1-2H3,(H,28,32)(H,33,34,35). The maximum Gasteiger partial charge on any atom is 0.294 e. The molecule has 9 nitrogen and oxygen atoms in total. The predicted octanol–water partition coefficient (Wildman–Crippen LogP) is 7.08. The van der Waals surface area contributed by atoms with Crippen LogP contribution in [0.25, 0.3) is 10.8 Å². The van der Waals surface area contributed by atoms with Crippen LogP contribution in [-0.4, -0.2) is 31.1 Å². The number of anilines is 1. The molecule has 0 fully saturated rings. The topological polar surface area (TPSA) is 138 Å². The van der Waals surface area contributed by atoms with Crippen LogP contribution < -0.4 is 10.1 Å². The van der Waals surface area contributed by atoms with Crippen molar-refractivity contribution in [1.29, 1.82) is 0 Å². The fourth-order valence-electron chi connectivity index (χ4n) is 3.62. The smallest absolute Gasteiger partial charge is 0.294 e. The highest BCUT2D eigenvalue weighted by molar-refractivity contribution is 7.85. The molecule has 3 N–H and O–H groups in total. The Balaban J connectivity index is 1.79. The first kappa shape index (κ1) is 26.4. The molecule has 0 aromatic heterocycles. The van der Waals surface area contributed by atoms with Crippen molar-refractivity contribution >= 4 is 67.1 Å². The number of azo groups is 1. The molecule has 4 rings (SSSR count). The second-order valence-electron chi connectivity index (χ2n) is 7.89. The minimum Gasteiger partial charge on any atom is -0.505 e. The third-order valence-electron chi connectivity index (χ3n) is 5.44. The van der Waals surface area contributed by atoms with Gasteiger partial charge in [0.05, 0.1) is 33.3 Å². The molecule has 37 heavy (non-hydrogen) atoms. The number of benzene rings is 4. The molecule has 4 aromatic rings. The number of phenolic OH excluding ortho intramolecular Hbond substituents is 1. The van der Waals surface area contributed by atoms with E-state index in [0.717, 1.165) is 6.07 Å². The van der Waals surface area contributed by atoms with Gasteiger partial charge in [0.25, 0.3) is 16.0 Å². The quantitative estimate of drug-likeness (QED) is 0.170. The average molecular weight is 560 g/mol. The van der Waals surface area contributed by atoms with E-state index in [2.05, 4.69) is 15.5 Å². The van der Waals surface area contributed by atoms with Crippen molar-refractivity contribution in [1.82, 2.24) is 0 Å². The van der Waals surface area contributed by atoms with Crippen LogP contribution in [0.5, 0.6) is 11.5 Å². The second kappa shape index (κ2) is 10.3. The Hall–Kier alpha value is -3.70. The molecule has 12 heteroatoms. The molecule has 1 amide bonds. The van der Waals surface area contributed by atoms with Crippen molar-refractivity contribution in [2.45, 2.75) is 11.8 Å². The fourth-order valence-corrected chi connectivity index (χ4v) is 4.78. The largest absolute Gasteiger partial charge is 0.505 e. The summed E-state index contributed by atoms with van der Waals surface area (Å²) in [5.41, 5.74) is 0.470. The molecule has 0 aliphatic heterocycles. The first-order valence-corrected chi connectivity index (χ1v) is 12.8. The number of aryl methyl sites for hydroxylation is 1. The number of carbonyl (C=O) groups excluding carboxylic acids is 1. The van der Waals surface area contributed by atoms with Crippen LogP contribution in [0, 0.1) is 6.92 Å². The zero-order valence-electron chi connectivity index (χ0n) is 19.4. The summed E-state index contributed by atoms with van der Waals surface area (Å²) in [6.45, 7) is 1.46. The number of phenols is 1. The molecule has 0 unspecified atom stereocenters. The van der Waals surface area contributed by atoms with Gasteiger partial charge < -0.3 is 15.2 Å². The van der Waals surface area contributed by atoms with Gasteiger partial charge in [-0.3, -0.25) is 9.35 Å². The van der Waals surface area contributed by atoms with E-state index in [9.17, 15) is 22.9 Å². The number of fused-ring (bicyclic) bond motifs is 1. The predicted molar refractivity (Wildman–Crippen MR) is 142 cm³/mol. The van der Waals surface area contributed by atoms with E-state index < -0.39 is 21.8 Å². The Morgan fingerprint density at radius 1 is 1.00 bits per heavy atom. The minimum absolute atomic E-state index is 0.00688. The normalized spacial score (nSPS) is 11.7. The second-order valence-corrected chi connectivity index (χ2v) is 10.1. The van der Waals surface area contributed by atoms with Gasteiger partial charge in [-0.25, -0.2) is 0 Å². The van der Waals surface area contributed by atoms with Crippen LogP contribution in [0.3, 0.4) is 0 Å². The summed E-state index contributed by atoms with van der Waals surface area (Å²) >= 11 is 12.4. The molecule has 190 valence electrons. The molecule has 0 aliphatic rings. The zero-order chi connectivity index (χ0) is 26.9. The fraction of sp³-hybridized carbons (Fsp3) is 0.0800. The Morgan fingerprint density at radius 3 is 2.43 bits per heavy atom. The van der Waals surface area contributed by atoms with Gasteiger partial charge in [-0.05, 0) is 48.2 Å². The number of hydrogen-bond donors (Lipinski definition) is 3. The highest BCUT2D eigenvalue weighted by Crippen LogP contribution is 2.41. The van der Waals surface area contributed by atoms with Gasteiger partial charge in [0.15, 0.2) is 5.75 Å². The van der Waals surface area contributed by atoms with Crippen molar-refractivity contribution < 1.29 is 27.6 Å². The van der Waals surface area contributed by atoms with E-state index >= 15 is 0 Å². The number of aromatic hydroxyl groups is 1. The van der Waals surface area contributed by atoms with Gasteiger partial charge in [-0.1, -0.05) is 47.5 Å². The van der Waals surface area contributed by atoms with E-state index in [1.165, 1.54) is 26.2 Å². The molecule has 0 saturated heterocycles. The minimum atomic E-state index is -4.48. The number of methoxy groups -OCH3 is 1. The first-order valence-electron chi connectivity index (χ1n) is 10.6. The number of halogens is 2. The monoisotopic (exact) mass is 559 g/mol. The molecule has 0 saturated carbocycles. The van der Waals surface area contributed by atoms with Crippen molar-refractivity contribution in [3.05, 3.63) is 81.8 Å². The number of ether oxygens (including phenoxy) is 1. The maximum absolute atomic E-state index is 13.1. The zero-order valence-corrected chi connectivity index (χ0v) is 21.7. The summed E-state index contributed by atoms with van der Waals surface area (Å²) in [5, 5.41) is 23.2. The van der Waals surface area contributed by atoms with Crippen molar-refractivity contribution in [3.8, 4) is 11.5 Å². The molecule has 0 bridgehead atoms. The molecule has 0 atom stereocenters. The van der Waals surface area contributed by atoms with Gasteiger partial charge in [0, 0.05) is 11.5 Å². The molecule has 0 radical (unpaired) electrons. The van der Waals surface area contributed by atoms with Crippen LogP contribution in [0.15, 0.2) is 75.8 Å². The number of nitrogens with one attached hydrogen (secondary N) is 1. The lowest BCUT2D eigenvalue weighted by molar-refractivity contribution is 0.102. The molecular formula is C25H19Cl2N3O6S. The lowest BCUT2D eigenvalue weighted by Gasteiger charge is -2.13. The number of amides is 1. The van der Waals surface area contributed by atoms with E-state index in [0.29, 0.717) is 16.5 Å². The Bertz CT molecular complexity index is 1690. The molecule has 0 spiro atoms. The van der Waals surface area contributed by atoms with Crippen molar-refractivity contribution in [2.24, 2.45) is 10.2 Å². The lowest BCUT2D eigenvalue weighted by atomic mass is 10.0. The summed E-state index contributed by atoms with van der Waals surface area (Å²) in [4.78, 5) is 12.8. The third kappa shape index (κ3) is 5.52. The molecule has 4 aromatic carbocycles. The Kier molecular flexibility index (Phi) is 7.37. The highest BCUT2D eigenvalue weighted by atomic mass is 35.5. The number of nitrogens with zero attached hydrogens (tertiary/aromatic N) is 2. The van der Waals surface area contributed by atoms with Crippen molar-refractivity contribution in [3.63, 3.8) is 0 Å². The van der Waals surface area contributed by atoms with E-state index in [-0.39, 0.29) is 43.1 Å². The lowest BCUT2D eigenvalue weighted by Crippen LogP contribution is -2.12. The molecule has 0 heterocycles. The summed E-state index contributed by atoms with van der Waals surface area (Å²) < 4.78 is 37.6. The van der Waals surface area contributed by atoms with Gasteiger partial charge in [-0.15, -0.1) is 10.2 Å². The van der Waals surface area contributed by atoms with E-state index in [1.54, 1.807) is 42.5 Å². The van der Waals surface area contributed by atoms with Gasteiger partial charge in [0.2, 0.25) is 0 Å². The first-order chi connectivity index (χ1) is 17.5.